The van der Waals surface area contributed by atoms with Crippen LogP contribution in [0.1, 0.15) is 40.0 Å². The van der Waals surface area contributed by atoms with Crippen molar-refractivity contribution in [3.63, 3.8) is 0 Å². The van der Waals surface area contributed by atoms with E-state index in [1.54, 1.807) is 7.11 Å². The summed E-state index contributed by atoms with van der Waals surface area (Å²) in [5.41, 5.74) is 5.10. The highest BCUT2D eigenvalue weighted by Crippen LogP contribution is 2.20. The zero-order valence-electron chi connectivity index (χ0n) is 11.9. The first-order chi connectivity index (χ1) is 8.29. The van der Waals surface area contributed by atoms with E-state index >= 15 is 0 Å². The van der Waals surface area contributed by atoms with Crippen LogP contribution in [-0.2, 0) is 14.3 Å². The number of methoxy groups -OCH3 is 1. The fourth-order valence-corrected chi connectivity index (χ4v) is 2.20. The van der Waals surface area contributed by atoms with E-state index in [0.717, 1.165) is 6.42 Å². The lowest BCUT2D eigenvalue weighted by molar-refractivity contribution is -0.130. The fourth-order valence-electron chi connectivity index (χ4n) is 2.20. The molecule has 1 aliphatic heterocycles. The smallest absolute Gasteiger partial charge is 0.240 e. The summed E-state index contributed by atoms with van der Waals surface area (Å²) in [4.78, 5) is 12.2. The minimum absolute atomic E-state index is 0.0377. The second-order valence-corrected chi connectivity index (χ2v) is 5.81. The largest absolute Gasteiger partial charge is 0.381 e. The number of amides is 1. The Morgan fingerprint density at radius 3 is 2.56 bits per heavy atom. The van der Waals surface area contributed by atoms with Crippen LogP contribution >= 0.6 is 0 Å². The van der Waals surface area contributed by atoms with Crippen molar-refractivity contribution in [2.75, 3.05) is 20.3 Å². The molecule has 1 fully saturated rings. The molecule has 1 atom stereocenters. The molecule has 1 saturated heterocycles. The van der Waals surface area contributed by atoms with Crippen LogP contribution in [0, 0.1) is 0 Å². The molecular weight excluding hydrogens is 232 g/mol. The van der Waals surface area contributed by atoms with Gasteiger partial charge in [0.1, 0.15) is 0 Å². The topological polar surface area (TPSA) is 73.6 Å². The fraction of sp³-hybridized carbons (Fsp3) is 0.923. The summed E-state index contributed by atoms with van der Waals surface area (Å²) in [5, 5.41) is 2.98. The third-order valence-corrected chi connectivity index (χ3v) is 3.57. The molecule has 18 heavy (non-hydrogen) atoms. The van der Waals surface area contributed by atoms with Gasteiger partial charge in [-0.25, -0.2) is 0 Å². The van der Waals surface area contributed by atoms with Crippen LogP contribution in [0.5, 0.6) is 0 Å². The van der Waals surface area contributed by atoms with Gasteiger partial charge in [0.2, 0.25) is 5.91 Å². The Morgan fingerprint density at radius 2 is 2.06 bits per heavy atom. The molecule has 1 unspecified atom stereocenters. The number of hydrogen-bond acceptors (Lipinski definition) is 4. The standard InChI is InChI=1S/C13H26N2O3/c1-10(9-12(2,3)17-4)15-11(16)13(14)5-7-18-8-6-13/h10H,5-9,14H2,1-4H3,(H,15,16). The molecule has 0 spiro atoms. The monoisotopic (exact) mass is 258 g/mol. The maximum absolute atomic E-state index is 12.2. The van der Waals surface area contributed by atoms with Crippen molar-refractivity contribution < 1.29 is 14.3 Å². The SMILES string of the molecule is COC(C)(C)CC(C)NC(=O)C1(N)CCOCC1. The average molecular weight is 258 g/mol. The number of rotatable bonds is 5. The zero-order valence-corrected chi connectivity index (χ0v) is 11.9. The van der Waals surface area contributed by atoms with E-state index in [1.807, 2.05) is 20.8 Å². The minimum Gasteiger partial charge on any atom is -0.381 e. The van der Waals surface area contributed by atoms with Crippen LogP contribution in [0.25, 0.3) is 0 Å². The van der Waals surface area contributed by atoms with Gasteiger partial charge in [-0.05, 0) is 40.0 Å². The van der Waals surface area contributed by atoms with Gasteiger partial charge in [0.15, 0.2) is 0 Å². The summed E-state index contributed by atoms with van der Waals surface area (Å²) < 4.78 is 10.6. The Hall–Kier alpha value is -0.650. The van der Waals surface area contributed by atoms with Crippen molar-refractivity contribution in [1.82, 2.24) is 5.32 Å². The number of nitrogens with two attached hydrogens (primary N) is 1. The van der Waals surface area contributed by atoms with Crippen LogP contribution in [0.2, 0.25) is 0 Å². The molecule has 3 N–H and O–H groups in total. The van der Waals surface area contributed by atoms with Gasteiger partial charge in [0.25, 0.3) is 0 Å². The van der Waals surface area contributed by atoms with Crippen LogP contribution in [0.15, 0.2) is 0 Å². The van der Waals surface area contributed by atoms with Crippen molar-refractivity contribution in [2.24, 2.45) is 5.73 Å². The Bertz CT molecular complexity index is 286. The molecule has 1 heterocycles. The zero-order chi connectivity index (χ0) is 13.8. The van der Waals surface area contributed by atoms with E-state index in [9.17, 15) is 4.79 Å². The molecule has 5 nitrogen and oxygen atoms in total. The highest BCUT2D eigenvalue weighted by molar-refractivity contribution is 5.86. The maximum atomic E-state index is 12.2. The van der Waals surface area contributed by atoms with Crippen LogP contribution in [-0.4, -0.2) is 43.4 Å². The predicted octanol–water partition coefficient (Wildman–Crippen LogP) is 0.814. The van der Waals surface area contributed by atoms with E-state index in [-0.39, 0.29) is 17.6 Å². The van der Waals surface area contributed by atoms with Gasteiger partial charge in [-0.3, -0.25) is 4.79 Å². The second kappa shape index (κ2) is 5.99. The number of carbonyl (C=O) groups is 1. The molecule has 0 saturated carbocycles. The summed E-state index contributed by atoms with van der Waals surface area (Å²) in [6, 6.07) is 0.0377. The molecule has 0 aromatic carbocycles. The van der Waals surface area contributed by atoms with Crippen LogP contribution < -0.4 is 11.1 Å². The van der Waals surface area contributed by atoms with Crippen molar-refractivity contribution in [3.8, 4) is 0 Å². The third-order valence-electron chi connectivity index (χ3n) is 3.57. The lowest BCUT2D eigenvalue weighted by atomic mass is 9.89. The normalized spacial score (nSPS) is 21.4. The molecule has 5 heteroatoms. The van der Waals surface area contributed by atoms with Crippen LogP contribution in [0.3, 0.4) is 0 Å². The summed E-state index contributed by atoms with van der Waals surface area (Å²) in [6.07, 6.45) is 1.92. The summed E-state index contributed by atoms with van der Waals surface area (Å²) in [5.74, 6) is -0.0785. The van der Waals surface area contributed by atoms with E-state index in [1.165, 1.54) is 0 Å². The molecule has 1 amide bonds. The van der Waals surface area contributed by atoms with Crippen molar-refractivity contribution in [1.29, 1.82) is 0 Å². The molecule has 1 aliphatic rings. The van der Waals surface area contributed by atoms with E-state index in [4.69, 9.17) is 15.2 Å². The Morgan fingerprint density at radius 1 is 1.50 bits per heavy atom. The lowest BCUT2D eigenvalue weighted by Crippen LogP contribution is -2.58. The summed E-state index contributed by atoms with van der Waals surface area (Å²) in [7, 11) is 1.68. The van der Waals surface area contributed by atoms with Gasteiger partial charge in [0.05, 0.1) is 11.1 Å². The molecule has 0 aromatic heterocycles. The first-order valence-electron chi connectivity index (χ1n) is 6.52. The van der Waals surface area contributed by atoms with Gasteiger partial charge in [0, 0.05) is 26.4 Å². The molecular formula is C13H26N2O3. The number of carbonyl (C=O) groups excluding carboxylic acids is 1. The molecule has 0 bridgehead atoms. The maximum Gasteiger partial charge on any atom is 0.240 e. The van der Waals surface area contributed by atoms with Gasteiger partial charge in [-0.1, -0.05) is 0 Å². The van der Waals surface area contributed by atoms with Gasteiger partial charge in [-0.15, -0.1) is 0 Å². The highest BCUT2D eigenvalue weighted by Gasteiger charge is 2.36. The highest BCUT2D eigenvalue weighted by atomic mass is 16.5. The predicted molar refractivity (Wildman–Crippen MR) is 70.3 cm³/mol. The Labute approximate surface area is 109 Å². The molecule has 1 rings (SSSR count). The summed E-state index contributed by atoms with van der Waals surface area (Å²) in [6.45, 7) is 7.09. The summed E-state index contributed by atoms with van der Waals surface area (Å²) >= 11 is 0. The van der Waals surface area contributed by atoms with Crippen molar-refractivity contribution in [3.05, 3.63) is 0 Å². The second-order valence-electron chi connectivity index (χ2n) is 5.81. The van der Waals surface area contributed by atoms with Crippen molar-refractivity contribution in [2.45, 2.75) is 57.2 Å². The van der Waals surface area contributed by atoms with E-state index < -0.39 is 5.54 Å². The lowest BCUT2D eigenvalue weighted by Gasteiger charge is -2.34. The van der Waals surface area contributed by atoms with E-state index in [2.05, 4.69) is 5.32 Å². The number of hydrogen-bond donors (Lipinski definition) is 2. The number of ether oxygens (including phenoxy) is 2. The first kappa shape index (κ1) is 15.4. The first-order valence-corrected chi connectivity index (χ1v) is 6.52. The minimum atomic E-state index is -0.774. The van der Waals surface area contributed by atoms with Gasteiger partial charge in [-0.2, -0.15) is 0 Å². The number of nitrogens with one attached hydrogen (secondary N) is 1. The molecule has 0 aromatic rings. The molecule has 106 valence electrons. The third kappa shape index (κ3) is 4.23. The van der Waals surface area contributed by atoms with Gasteiger partial charge < -0.3 is 20.5 Å². The van der Waals surface area contributed by atoms with Crippen molar-refractivity contribution >= 4 is 5.91 Å². The Balaban J connectivity index is 2.48. The van der Waals surface area contributed by atoms with Crippen LogP contribution in [0.4, 0.5) is 0 Å². The average Bonchev–Trinajstić information content (AvgIpc) is 2.29. The van der Waals surface area contributed by atoms with Gasteiger partial charge >= 0.3 is 0 Å². The molecule has 0 radical (unpaired) electrons. The molecule has 0 aliphatic carbocycles. The Kier molecular flexibility index (Phi) is 5.13. The van der Waals surface area contributed by atoms with E-state index in [0.29, 0.717) is 26.1 Å². The quantitative estimate of drug-likeness (QED) is 0.765.